The number of pyridine rings is 1. The summed E-state index contributed by atoms with van der Waals surface area (Å²) in [5, 5.41) is 3.60. The molecule has 0 amide bonds. The van der Waals surface area contributed by atoms with Crippen LogP contribution in [0.4, 0.5) is 5.69 Å². The monoisotopic (exact) mass is 275 g/mol. The molecule has 1 spiro atoms. The first-order valence-corrected chi connectivity index (χ1v) is 7.74. The summed E-state index contributed by atoms with van der Waals surface area (Å²) in [6.07, 6.45) is 8.48. The van der Waals surface area contributed by atoms with E-state index in [0.717, 1.165) is 31.1 Å². The lowest BCUT2D eigenvalue weighted by Gasteiger charge is -2.51. The standard InChI is InChI=1S/C16H25N3O/c1-13-10-14(15(20-2)11-18-13)19-9-8-17-12-16(19)6-4-3-5-7-16/h10-11,17H,3-9,12H2,1-2H3. The topological polar surface area (TPSA) is 37.4 Å². The molecule has 1 saturated heterocycles. The van der Waals surface area contributed by atoms with Gasteiger partial charge in [0.1, 0.15) is 0 Å². The number of methoxy groups -OCH3 is 1. The van der Waals surface area contributed by atoms with Crippen LogP contribution in [0.25, 0.3) is 0 Å². The number of hydrogen-bond donors (Lipinski definition) is 1. The number of piperazine rings is 1. The maximum atomic E-state index is 5.56. The van der Waals surface area contributed by atoms with Crippen LogP contribution in [0.3, 0.4) is 0 Å². The van der Waals surface area contributed by atoms with Gasteiger partial charge in [-0.05, 0) is 25.8 Å². The molecule has 2 heterocycles. The maximum absolute atomic E-state index is 5.56. The van der Waals surface area contributed by atoms with Gasteiger partial charge in [-0.15, -0.1) is 0 Å². The number of nitrogens with zero attached hydrogens (tertiary/aromatic N) is 2. The largest absolute Gasteiger partial charge is 0.493 e. The van der Waals surface area contributed by atoms with E-state index in [1.807, 2.05) is 6.20 Å². The molecule has 20 heavy (non-hydrogen) atoms. The molecule has 3 rings (SSSR count). The van der Waals surface area contributed by atoms with Gasteiger partial charge >= 0.3 is 0 Å². The lowest BCUT2D eigenvalue weighted by atomic mass is 9.78. The molecule has 4 heteroatoms. The van der Waals surface area contributed by atoms with Crippen LogP contribution in [0.5, 0.6) is 5.75 Å². The third kappa shape index (κ3) is 2.37. The molecule has 2 fully saturated rings. The number of hydrogen-bond acceptors (Lipinski definition) is 4. The highest BCUT2D eigenvalue weighted by molar-refractivity contribution is 5.60. The molecule has 0 bridgehead atoms. The van der Waals surface area contributed by atoms with E-state index in [1.165, 1.54) is 37.8 Å². The van der Waals surface area contributed by atoms with Crippen LogP contribution >= 0.6 is 0 Å². The molecule has 0 aromatic carbocycles. The van der Waals surface area contributed by atoms with Crippen molar-refractivity contribution in [1.29, 1.82) is 0 Å². The Morgan fingerprint density at radius 2 is 2.10 bits per heavy atom. The summed E-state index contributed by atoms with van der Waals surface area (Å²) in [4.78, 5) is 6.97. The molecule has 0 atom stereocenters. The highest BCUT2D eigenvalue weighted by Gasteiger charge is 2.40. The van der Waals surface area contributed by atoms with Crippen molar-refractivity contribution < 1.29 is 4.74 Å². The van der Waals surface area contributed by atoms with Gasteiger partial charge in [0.05, 0.1) is 24.5 Å². The fraction of sp³-hybridized carbons (Fsp3) is 0.688. The van der Waals surface area contributed by atoms with Gasteiger partial charge in [-0.3, -0.25) is 4.98 Å². The minimum absolute atomic E-state index is 0.275. The molecule has 1 aromatic heterocycles. The number of aryl methyl sites for hydroxylation is 1. The fourth-order valence-corrected chi connectivity index (χ4v) is 3.78. The molecule has 0 unspecified atom stereocenters. The molecule has 1 aromatic rings. The molecule has 1 saturated carbocycles. The van der Waals surface area contributed by atoms with Crippen LogP contribution in [0.15, 0.2) is 12.3 Å². The van der Waals surface area contributed by atoms with Crippen LogP contribution in [-0.2, 0) is 0 Å². The third-order valence-electron chi connectivity index (χ3n) is 4.82. The minimum Gasteiger partial charge on any atom is -0.493 e. The number of rotatable bonds is 2. The Balaban J connectivity index is 1.99. The van der Waals surface area contributed by atoms with Crippen molar-refractivity contribution in [3.8, 4) is 5.75 Å². The number of nitrogens with one attached hydrogen (secondary N) is 1. The molecule has 110 valence electrons. The van der Waals surface area contributed by atoms with Crippen LogP contribution in [0.2, 0.25) is 0 Å². The minimum atomic E-state index is 0.275. The van der Waals surface area contributed by atoms with E-state index in [4.69, 9.17) is 4.74 Å². The third-order valence-corrected chi connectivity index (χ3v) is 4.82. The molecule has 2 aliphatic rings. The number of aromatic nitrogens is 1. The van der Waals surface area contributed by atoms with E-state index in [0.29, 0.717) is 0 Å². The Morgan fingerprint density at radius 3 is 2.85 bits per heavy atom. The summed E-state index contributed by atoms with van der Waals surface area (Å²) in [7, 11) is 1.74. The second-order valence-electron chi connectivity index (χ2n) is 6.11. The van der Waals surface area contributed by atoms with E-state index >= 15 is 0 Å². The average molecular weight is 275 g/mol. The molecule has 1 aliphatic carbocycles. The van der Waals surface area contributed by atoms with Crippen molar-refractivity contribution >= 4 is 5.69 Å². The van der Waals surface area contributed by atoms with E-state index in [2.05, 4.69) is 28.2 Å². The van der Waals surface area contributed by atoms with Crippen LogP contribution in [-0.4, -0.2) is 37.3 Å². The predicted octanol–water partition coefficient (Wildman–Crippen LogP) is 2.51. The first-order valence-electron chi connectivity index (χ1n) is 7.74. The zero-order chi connectivity index (χ0) is 14.0. The normalized spacial score (nSPS) is 22.0. The van der Waals surface area contributed by atoms with Crippen molar-refractivity contribution in [2.75, 3.05) is 31.6 Å². The van der Waals surface area contributed by atoms with E-state index in [-0.39, 0.29) is 5.54 Å². The SMILES string of the molecule is COc1cnc(C)cc1N1CCNCC12CCCCC2. The first kappa shape index (κ1) is 13.7. The van der Waals surface area contributed by atoms with Crippen LogP contribution in [0, 0.1) is 6.92 Å². The molecule has 1 N–H and O–H groups in total. The summed E-state index contributed by atoms with van der Waals surface area (Å²) >= 11 is 0. The molecular formula is C16H25N3O. The lowest BCUT2D eigenvalue weighted by Crippen LogP contribution is -2.62. The summed E-state index contributed by atoms with van der Waals surface area (Å²) in [6.45, 7) is 5.25. The van der Waals surface area contributed by atoms with Gasteiger partial charge in [-0.1, -0.05) is 19.3 Å². The summed E-state index contributed by atoms with van der Waals surface area (Å²) in [5.41, 5.74) is 2.56. The zero-order valence-electron chi connectivity index (χ0n) is 12.6. The van der Waals surface area contributed by atoms with Gasteiger partial charge in [0.2, 0.25) is 0 Å². The van der Waals surface area contributed by atoms with Gasteiger partial charge < -0.3 is 15.0 Å². The number of anilines is 1. The second kappa shape index (κ2) is 5.60. The molecule has 4 nitrogen and oxygen atoms in total. The second-order valence-corrected chi connectivity index (χ2v) is 6.11. The Kier molecular flexibility index (Phi) is 3.83. The van der Waals surface area contributed by atoms with Gasteiger partial charge in [0.25, 0.3) is 0 Å². The van der Waals surface area contributed by atoms with Crippen molar-refractivity contribution in [2.24, 2.45) is 0 Å². The van der Waals surface area contributed by atoms with Gasteiger partial charge in [0.15, 0.2) is 5.75 Å². The smallest absolute Gasteiger partial charge is 0.160 e. The Labute approximate surface area is 121 Å². The van der Waals surface area contributed by atoms with Gasteiger partial charge in [-0.25, -0.2) is 0 Å². The molecule has 0 radical (unpaired) electrons. The Bertz CT molecular complexity index is 461. The summed E-state index contributed by atoms with van der Waals surface area (Å²) < 4.78 is 5.56. The van der Waals surface area contributed by atoms with Crippen molar-refractivity contribution in [1.82, 2.24) is 10.3 Å². The number of ether oxygens (including phenoxy) is 1. The highest BCUT2D eigenvalue weighted by Crippen LogP contribution is 2.41. The first-order chi connectivity index (χ1) is 9.75. The Hall–Kier alpha value is -1.29. The zero-order valence-corrected chi connectivity index (χ0v) is 12.6. The van der Waals surface area contributed by atoms with Crippen LogP contribution in [0.1, 0.15) is 37.8 Å². The quantitative estimate of drug-likeness (QED) is 0.900. The Morgan fingerprint density at radius 1 is 1.30 bits per heavy atom. The lowest BCUT2D eigenvalue weighted by molar-refractivity contribution is 0.239. The van der Waals surface area contributed by atoms with Crippen molar-refractivity contribution in [3.63, 3.8) is 0 Å². The average Bonchev–Trinajstić information content (AvgIpc) is 2.48. The summed E-state index contributed by atoms with van der Waals surface area (Å²) in [5.74, 6) is 0.905. The maximum Gasteiger partial charge on any atom is 0.160 e. The van der Waals surface area contributed by atoms with Gasteiger partial charge in [0, 0.05) is 25.3 Å². The fourth-order valence-electron chi connectivity index (χ4n) is 3.78. The van der Waals surface area contributed by atoms with Crippen molar-refractivity contribution in [3.05, 3.63) is 18.0 Å². The van der Waals surface area contributed by atoms with Crippen molar-refractivity contribution in [2.45, 2.75) is 44.6 Å². The van der Waals surface area contributed by atoms with E-state index < -0.39 is 0 Å². The molecular weight excluding hydrogens is 250 g/mol. The summed E-state index contributed by atoms with van der Waals surface area (Å²) in [6, 6.07) is 2.18. The molecule has 1 aliphatic heterocycles. The van der Waals surface area contributed by atoms with Crippen LogP contribution < -0.4 is 15.0 Å². The predicted molar refractivity (Wildman–Crippen MR) is 81.6 cm³/mol. The van der Waals surface area contributed by atoms with E-state index in [1.54, 1.807) is 7.11 Å². The van der Waals surface area contributed by atoms with Gasteiger partial charge in [-0.2, -0.15) is 0 Å². The van der Waals surface area contributed by atoms with E-state index in [9.17, 15) is 0 Å². The highest BCUT2D eigenvalue weighted by atomic mass is 16.5.